The van der Waals surface area contributed by atoms with Gasteiger partial charge >= 0.3 is 0 Å². The van der Waals surface area contributed by atoms with Crippen molar-refractivity contribution < 1.29 is 8.42 Å². The van der Waals surface area contributed by atoms with Gasteiger partial charge in [-0.3, -0.25) is 0 Å². The van der Waals surface area contributed by atoms with Crippen molar-refractivity contribution in [1.82, 2.24) is 0 Å². The molecule has 2 N–H and O–H groups in total. The van der Waals surface area contributed by atoms with Gasteiger partial charge in [-0.2, -0.15) is 0 Å². The van der Waals surface area contributed by atoms with Crippen molar-refractivity contribution in [3.05, 3.63) is 29.3 Å². The quantitative estimate of drug-likeness (QED) is 0.873. The minimum absolute atomic E-state index is 0.0117. The van der Waals surface area contributed by atoms with Gasteiger partial charge in [0.2, 0.25) is 0 Å². The molecule has 19 heavy (non-hydrogen) atoms. The number of hydrogen-bond acceptors (Lipinski definition) is 3. The Balaban J connectivity index is 2.77. The molecule has 0 aliphatic carbocycles. The molecule has 0 atom stereocenters. The topological polar surface area (TPSA) is 60.2 Å². The Morgan fingerprint density at radius 1 is 1.21 bits per heavy atom. The molecule has 0 heterocycles. The Hall–Kier alpha value is -0.870. The van der Waals surface area contributed by atoms with Crippen molar-refractivity contribution in [3.63, 3.8) is 0 Å². The lowest BCUT2D eigenvalue weighted by atomic mass is 9.88. The minimum Gasteiger partial charge on any atom is -0.330 e. The van der Waals surface area contributed by atoms with Gasteiger partial charge in [-0.15, -0.1) is 0 Å². The summed E-state index contributed by atoms with van der Waals surface area (Å²) in [5, 5.41) is 0. The van der Waals surface area contributed by atoms with E-state index in [9.17, 15) is 8.42 Å². The van der Waals surface area contributed by atoms with Crippen molar-refractivity contribution in [1.29, 1.82) is 0 Å². The van der Waals surface area contributed by atoms with Crippen LogP contribution in [0.3, 0.4) is 0 Å². The number of aryl methyl sites for hydroxylation is 2. The molecular formula is C15H25NO2S. The third-order valence-electron chi connectivity index (χ3n) is 3.48. The molecule has 0 spiro atoms. The van der Waals surface area contributed by atoms with E-state index >= 15 is 0 Å². The van der Waals surface area contributed by atoms with Gasteiger partial charge in [-0.25, -0.2) is 8.42 Å². The monoisotopic (exact) mass is 283 g/mol. The minimum atomic E-state index is -3.18. The lowest BCUT2D eigenvalue weighted by Gasteiger charge is -2.21. The van der Waals surface area contributed by atoms with Crippen LogP contribution in [-0.4, -0.2) is 20.7 Å². The van der Waals surface area contributed by atoms with Gasteiger partial charge in [-0.1, -0.05) is 31.5 Å². The molecule has 0 amide bonds. The van der Waals surface area contributed by atoms with E-state index < -0.39 is 9.84 Å². The number of hydrogen-bond donors (Lipinski definition) is 1. The second-order valence-corrected chi connectivity index (χ2v) is 8.14. The molecule has 0 radical (unpaired) electrons. The van der Waals surface area contributed by atoms with Gasteiger partial charge in [0.1, 0.15) is 0 Å². The molecule has 0 aliphatic heterocycles. The van der Waals surface area contributed by atoms with Crippen molar-refractivity contribution in [2.45, 2.75) is 45.4 Å². The summed E-state index contributed by atoms with van der Waals surface area (Å²) in [4.78, 5) is 0.462. The maximum Gasteiger partial charge on any atom is 0.178 e. The zero-order valence-corrected chi connectivity index (χ0v) is 13.2. The van der Waals surface area contributed by atoms with E-state index in [2.05, 4.69) is 13.8 Å². The summed E-state index contributed by atoms with van der Waals surface area (Å²) < 4.78 is 24.6. The largest absolute Gasteiger partial charge is 0.330 e. The number of nitrogens with two attached hydrogens (primary N) is 1. The highest BCUT2D eigenvalue weighted by atomic mass is 32.2. The average molecular weight is 283 g/mol. The van der Waals surface area contributed by atoms with E-state index in [1.165, 1.54) is 0 Å². The van der Waals surface area contributed by atoms with Crippen LogP contribution in [0.1, 0.15) is 37.8 Å². The number of sulfone groups is 1. The normalized spacial score (nSPS) is 12.7. The van der Waals surface area contributed by atoms with Crippen LogP contribution < -0.4 is 5.73 Å². The van der Waals surface area contributed by atoms with Crippen LogP contribution in [0.2, 0.25) is 0 Å². The van der Waals surface area contributed by atoms with Crippen LogP contribution in [0.25, 0.3) is 0 Å². The van der Waals surface area contributed by atoms with Gasteiger partial charge in [0.05, 0.1) is 10.6 Å². The Morgan fingerprint density at radius 3 is 2.37 bits per heavy atom. The van der Waals surface area contributed by atoms with Gasteiger partial charge in [-0.05, 0) is 50.3 Å². The summed E-state index contributed by atoms with van der Waals surface area (Å²) in [5.74, 6) is 0.195. The molecule has 108 valence electrons. The summed E-state index contributed by atoms with van der Waals surface area (Å²) >= 11 is 0. The lowest BCUT2D eigenvalue weighted by molar-refractivity contribution is 0.344. The molecule has 0 aliphatic rings. The molecule has 4 heteroatoms. The van der Waals surface area contributed by atoms with E-state index in [0.29, 0.717) is 17.9 Å². The number of rotatable bonds is 6. The average Bonchev–Trinajstić information content (AvgIpc) is 2.27. The molecule has 0 saturated carbocycles. The SMILES string of the molecule is Cc1ccc(S(=O)(=O)CCCC(C)(C)CN)c(C)c1. The van der Waals surface area contributed by atoms with Crippen molar-refractivity contribution >= 4 is 9.84 Å². The van der Waals surface area contributed by atoms with Crippen LogP contribution in [0.15, 0.2) is 23.1 Å². The Morgan fingerprint density at radius 2 is 1.84 bits per heavy atom. The zero-order valence-electron chi connectivity index (χ0n) is 12.4. The van der Waals surface area contributed by atoms with Gasteiger partial charge in [0.15, 0.2) is 9.84 Å². The molecule has 3 nitrogen and oxygen atoms in total. The first-order valence-corrected chi connectivity index (χ1v) is 8.33. The molecule has 1 aromatic rings. The number of benzene rings is 1. The third-order valence-corrected chi connectivity index (χ3v) is 5.44. The second-order valence-electron chi connectivity index (χ2n) is 6.06. The van der Waals surface area contributed by atoms with Crippen LogP contribution >= 0.6 is 0 Å². The maximum absolute atomic E-state index is 12.3. The molecule has 0 unspecified atom stereocenters. The van der Waals surface area contributed by atoms with Crippen LogP contribution in [0.5, 0.6) is 0 Å². The highest BCUT2D eigenvalue weighted by Crippen LogP contribution is 2.23. The molecule has 0 aromatic heterocycles. The molecular weight excluding hydrogens is 258 g/mol. The van der Waals surface area contributed by atoms with Crippen molar-refractivity contribution in [2.75, 3.05) is 12.3 Å². The summed E-state index contributed by atoms with van der Waals surface area (Å²) in [6.45, 7) is 8.53. The first-order valence-electron chi connectivity index (χ1n) is 6.68. The van der Waals surface area contributed by atoms with Gasteiger partial charge < -0.3 is 5.73 Å². The molecule has 0 bridgehead atoms. The van der Waals surface area contributed by atoms with E-state index in [1.54, 1.807) is 6.07 Å². The Labute approximate surface area is 117 Å². The summed E-state index contributed by atoms with van der Waals surface area (Å²) in [5.41, 5.74) is 7.59. The summed E-state index contributed by atoms with van der Waals surface area (Å²) in [6, 6.07) is 5.48. The van der Waals surface area contributed by atoms with E-state index in [1.807, 2.05) is 26.0 Å². The third kappa shape index (κ3) is 4.62. The van der Waals surface area contributed by atoms with E-state index in [4.69, 9.17) is 5.73 Å². The molecule has 1 aromatic carbocycles. The van der Waals surface area contributed by atoms with Crippen molar-refractivity contribution in [2.24, 2.45) is 11.1 Å². The highest BCUT2D eigenvalue weighted by Gasteiger charge is 2.20. The fourth-order valence-corrected chi connectivity index (χ4v) is 3.67. The predicted molar refractivity (Wildman–Crippen MR) is 80.0 cm³/mol. The van der Waals surface area contributed by atoms with Crippen LogP contribution in [0, 0.1) is 19.3 Å². The summed E-state index contributed by atoms with van der Waals surface area (Å²) in [6.07, 6.45) is 1.48. The molecule has 1 rings (SSSR count). The Kier molecular flexibility index (Phi) is 5.16. The highest BCUT2D eigenvalue weighted by molar-refractivity contribution is 7.91. The standard InChI is InChI=1S/C15H25NO2S/c1-12-6-7-14(13(2)10-12)19(17,18)9-5-8-15(3,4)11-16/h6-7,10H,5,8-9,11,16H2,1-4H3. The molecule has 0 saturated heterocycles. The van der Waals surface area contributed by atoms with Gasteiger partial charge in [0, 0.05) is 0 Å². The first kappa shape index (κ1) is 16.2. The van der Waals surface area contributed by atoms with Crippen LogP contribution in [-0.2, 0) is 9.84 Å². The van der Waals surface area contributed by atoms with Crippen LogP contribution in [0.4, 0.5) is 0 Å². The second kappa shape index (κ2) is 6.06. The smallest absolute Gasteiger partial charge is 0.178 e. The predicted octanol–water partition coefficient (Wildman–Crippen LogP) is 2.84. The van der Waals surface area contributed by atoms with E-state index in [0.717, 1.165) is 17.5 Å². The Bertz CT molecular complexity index is 533. The molecule has 0 fully saturated rings. The van der Waals surface area contributed by atoms with Crippen molar-refractivity contribution in [3.8, 4) is 0 Å². The fourth-order valence-electron chi connectivity index (χ4n) is 2.10. The lowest BCUT2D eigenvalue weighted by Crippen LogP contribution is -2.24. The van der Waals surface area contributed by atoms with E-state index in [-0.39, 0.29) is 11.2 Å². The zero-order chi connectivity index (χ0) is 14.7. The first-order chi connectivity index (χ1) is 8.68. The summed E-state index contributed by atoms with van der Waals surface area (Å²) in [7, 11) is -3.18. The van der Waals surface area contributed by atoms with Gasteiger partial charge in [0.25, 0.3) is 0 Å². The maximum atomic E-state index is 12.3. The fraction of sp³-hybridized carbons (Fsp3) is 0.600.